The quantitative estimate of drug-likeness (QED) is 0.867. The SMILES string of the molecule is CC(=O)N(CC(=O)Nc1ccc(Cl)cc1C)c1ccc(F)c(Cl)c1. The number of nitrogens with zero attached hydrogens (tertiary/aromatic N) is 1. The summed E-state index contributed by atoms with van der Waals surface area (Å²) in [6.45, 7) is 2.90. The lowest BCUT2D eigenvalue weighted by atomic mass is 10.2. The van der Waals surface area contributed by atoms with E-state index in [0.29, 0.717) is 16.4 Å². The molecule has 0 heterocycles. The zero-order valence-corrected chi connectivity index (χ0v) is 14.6. The number of anilines is 2. The van der Waals surface area contributed by atoms with Crippen LogP contribution >= 0.6 is 23.2 Å². The molecule has 4 nitrogen and oxygen atoms in total. The van der Waals surface area contributed by atoms with Crippen molar-refractivity contribution in [3.63, 3.8) is 0 Å². The molecule has 0 bridgehead atoms. The van der Waals surface area contributed by atoms with Crippen molar-refractivity contribution >= 4 is 46.4 Å². The molecule has 2 aromatic rings. The number of rotatable bonds is 4. The van der Waals surface area contributed by atoms with Gasteiger partial charge >= 0.3 is 0 Å². The van der Waals surface area contributed by atoms with Gasteiger partial charge < -0.3 is 10.2 Å². The molecule has 0 aliphatic heterocycles. The van der Waals surface area contributed by atoms with Crippen LogP contribution in [0.25, 0.3) is 0 Å². The van der Waals surface area contributed by atoms with Gasteiger partial charge in [-0.05, 0) is 48.9 Å². The summed E-state index contributed by atoms with van der Waals surface area (Å²) in [6.07, 6.45) is 0. The highest BCUT2D eigenvalue weighted by atomic mass is 35.5. The number of amides is 2. The molecule has 2 aromatic carbocycles. The van der Waals surface area contributed by atoms with Gasteiger partial charge in [0.15, 0.2) is 0 Å². The van der Waals surface area contributed by atoms with E-state index in [9.17, 15) is 14.0 Å². The number of carbonyl (C=O) groups is 2. The van der Waals surface area contributed by atoms with E-state index in [1.807, 2.05) is 6.92 Å². The van der Waals surface area contributed by atoms with Crippen LogP contribution in [0.4, 0.5) is 15.8 Å². The van der Waals surface area contributed by atoms with E-state index in [2.05, 4.69) is 5.32 Å². The van der Waals surface area contributed by atoms with Gasteiger partial charge in [0.2, 0.25) is 11.8 Å². The third-order valence-corrected chi connectivity index (χ3v) is 3.88. The van der Waals surface area contributed by atoms with Gasteiger partial charge in [0, 0.05) is 23.3 Å². The molecule has 2 amide bonds. The van der Waals surface area contributed by atoms with Crippen molar-refractivity contribution in [3.8, 4) is 0 Å². The summed E-state index contributed by atoms with van der Waals surface area (Å²) >= 11 is 11.6. The van der Waals surface area contributed by atoms with E-state index in [4.69, 9.17) is 23.2 Å². The van der Waals surface area contributed by atoms with Crippen LogP contribution in [-0.4, -0.2) is 18.4 Å². The molecule has 1 N–H and O–H groups in total. The predicted octanol–water partition coefficient (Wildman–Crippen LogP) is 4.43. The van der Waals surface area contributed by atoms with Crippen LogP contribution < -0.4 is 10.2 Å². The van der Waals surface area contributed by atoms with Gasteiger partial charge in [-0.15, -0.1) is 0 Å². The van der Waals surface area contributed by atoms with E-state index in [1.165, 1.54) is 24.0 Å². The van der Waals surface area contributed by atoms with Gasteiger partial charge in [-0.3, -0.25) is 9.59 Å². The Morgan fingerprint density at radius 2 is 1.88 bits per heavy atom. The summed E-state index contributed by atoms with van der Waals surface area (Å²) in [5.41, 5.74) is 1.75. The van der Waals surface area contributed by atoms with E-state index in [1.54, 1.807) is 18.2 Å². The number of carbonyl (C=O) groups excluding carboxylic acids is 2. The Hall–Kier alpha value is -2.11. The fourth-order valence-electron chi connectivity index (χ4n) is 2.14. The zero-order valence-electron chi connectivity index (χ0n) is 13.1. The fourth-order valence-corrected chi connectivity index (χ4v) is 2.54. The highest BCUT2D eigenvalue weighted by Gasteiger charge is 2.17. The Balaban J connectivity index is 2.16. The minimum atomic E-state index is -0.592. The molecule has 0 saturated heterocycles. The summed E-state index contributed by atoms with van der Waals surface area (Å²) < 4.78 is 13.3. The first-order valence-corrected chi connectivity index (χ1v) is 7.82. The summed E-state index contributed by atoms with van der Waals surface area (Å²) in [7, 11) is 0. The van der Waals surface area contributed by atoms with Crippen molar-refractivity contribution < 1.29 is 14.0 Å². The number of nitrogens with one attached hydrogen (secondary N) is 1. The average molecular weight is 369 g/mol. The Bertz CT molecular complexity index is 796. The van der Waals surface area contributed by atoms with Crippen LogP contribution in [0.5, 0.6) is 0 Å². The minimum Gasteiger partial charge on any atom is -0.324 e. The summed E-state index contributed by atoms with van der Waals surface area (Å²) in [4.78, 5) is 25.3. The topological polar surface area (TPSA) is 49.4 Å². The molecule has 126 valence electrons. The molecular formula is C17H15Cl2FN2O2. The summed E-state index contributed by atoms with van der Waals surface area (Å²) in [6, 6.07) is 8.91. The number of benzene rings is 2. The predicted molar refractivity (Wildman–Crippen MR) is 94.3 cm³/mol. The first-order valence-electron chi connectivity index (χ1n) is 7.07. The molecule has 0 saturated carbocycles. The molecule has 7 heteroatoms. The molecule has 0 aliphatic carbocycles. The van der Waals surface area contributed by atoms with Crippen molar-refractivity contribution in [2.24, 2.45) is 0 Å². The number of halogens is 3. The highest BCUT2D eigenvalue weighted by Crippen LogP contribution is 2.23. The van der Waals surface area contributed by atoms with Crippen molar-refractivity contribution in [1.82, 2.24) is 0 Å². The lowest BCUT2D eigenvalue weighted by Crippen LogP contribution is -2.36. The van der Waals surface area contributed by atoms with Gasteiger partial charge in [-0.25, -0.2) is 4.39 Å². The van der Waals surface area contributed by atoms with Crippen LogP contribution in [0.15, 0.2) is 36.4 Å². The molecule has 0 atom stereocenters. The summed E-state index contributed by atoms with van der Waals surface area (Å²) in [5.74, 6) is -1.35. The van der Waals surface area contributed by atoms with Crippen LogP contribution in [-0.2, 0) is 9.59 Å². The van der Waals surface area contributed by atoms with Crippen molar-refractivity contribution in [2.45, 2.75) is 13.8 Å². The zero-order chi connectivity index (χ0) is 17.9. The summed E-state index contributed by atoms with van der Waals surface area (Å²) in [5, 5.41) is 3.17. The lowest BCUT2D eigenvalue weighted by Gasteiger charge is -2.21. The second-order valence-corrected chi connectivity index (χ2v) is 6.05. The Labute approximate surface area is 149 Å². The number of aryl methyl sites for hydroxylation is 1. The lowest BCUT2D eigenvalue weighted by molar-refractivity contribution is -0.120. The maximum Gasteiger partial charge on any atom is 0.244 e. The van der Waals surface area contributed by atoms with Crippen LogP contribution in [0.1, 0.15) is 12.5 Å². The molecule has 0 unspecified atom stereocenters. The third kappa shape index (κ3) is 4.46. The average Bonchev–Trinajstić information content (AvgIpc) is 2.50. The second-order valence-electron chi connectivity index (χ2n) is 5.21. The molecule has 0 radical (unpaired) electrons. The van der Waals surface area contributed by atoms with Crippen molar-refractivity contribution in [2.75, 3.05) is 16.8 Å². The van der Waals surface area contributed by atoms with Gasteiger partial charge in [0.1, 0.15) is 12.4 Å². The van der Waals surface area contributed by atoms with Gasteiger partial charge in [-0.2, -0.15) is 0 Å². The van der Waals surface area contributed by atoms with E-state index in [0.717, 1.165) is 11.6 Å². The van der Waals surface area contributed by atoms with Crippen molar-refractivity contribution in [3.05, 3.63) is 57.8 Å². The Morgan fingerprint density at radius 1 is 1.17 bits per heavy atom. The second kappa shape index (κ2) is 7.64. The number of hydrogen-bond acceptors (Lipinski definition) is 2. The molecule has 0 fully saturated rings. The molecular weight excluding hydrogens is 354 g/mol. The monoisotopic (exact) mass is 368 g/mol. The fraction of sp³-hybridized carbons (Fsp3) is 0.176. The largest absolute Gasteiger partial charge is 0.324 e. The maximum atomic E-state index is 13.3. The van der Waals surface area contributed by atoms with Crippen LogP contribution in [0, 0.1) is 12.7 Å². The Kier molecular flexibility index (Phi) is 5.80. The van der Waals surface area contributed by atoms with Gasteiger partial charge in [-0.1, -0.05) is 23.2 Å². The first-order chi connectivity index (χ1) is 11.3. The highest BCUT2D eigenvalue weighted by molar-refractivity contribution is 6.31. The molecule has 2 rings (SSSR count). The van der Waals surface area contributed by atoms with Crippen molar-refractivity contribution in [1.29, 1.82) is 0 Å². The van der Waals surface area contributed by atoms with Crippen LogP contribution in [0.2, 0.25) is 10.0 Å². The molecule has 0 spiro atoms. The van der Waals surface area contributed by atoms with E-state index < -0.39 is 11.7 Å². The normalized spacial score (nSPS) is 10.4. The van der Waals surface area contributed by atoms with E-state index in [-0.39, 0.29) is 17.5 Å². The molecule has 0 aliphatic rings. The minimum absolute atomic E-state index is 0.118. The smallest absolute Gasteiger partial charge is 0.244 e. The third-order valence-electron chi connectivity index (χ3n) is 3.36. The van der Waals surface area contributed by atoms with Gasteiger partial charge in [0.05, 0.1) is 5.02 Å². The number of hydrogen-bond donors (Lipinski definition) is 1. The Morgan fingerprint density at radius 3 is 2.46 bits per heavy atom. The standard InChI is InChI=1S/C17H15Cl2FN2O2/c1-10-7-12(18)3-6-16(10)21-17(24)9-22(11(2)23)13-4-5-15(20)14(19)8-13/h3-8H,9H2,1-2H3,(H,21,24). The van der Waals surface area contributed by atoms with Gasteiger partial charge in [0.25, 0.3) is 0 Å². The van der Waals surface area contributed by atoms with Crippen LogP contribution in [0.3, 0.4) is 0 Å². The first kappa shape index (κ1) is 18.2. The molecule has 24 heavy (non-hydrogen) atoms. The van der Waals surface area contributed by atoms with E-state index >= 15 is 0 Å². The molecule has 0 aromatic heterocycles. The maximum absolute atomic E-state index is 13.3.